The van der Waals surface area contributed by atoms with Gasteiger partial charge in [-0.3, -0.25) is 4.90 Å². The van der Waals surface area contributed by atoms with Crippen LogP contribution in [0.15, 0.2) is 18.2 Å². The van der Waals surface area contributed by atoms with E-state index in [0.717, 1.165) is 38.3 Å². The molecule has 4 heteroatoms. The van der Waals surface area contributed by atoms with Gasteiger partial charge in [-0.05, 0) is 31.0 Å². The first-order valence-corrected chi connectivity index (χ1v) is 6.38. The maximum atomic E-state index is 9.76. The highest BCUT2D eigenvalue weighted by atomic mass is 16.5. The molecule has 0 spiro atoms. The first kappa shape index (κ1) is 13.2. The van der Waals surface area contributed by atoms with Gasteiger partial charge in [0.15, 0.2) is 11.5 Å². The number of hydrogen-bond acceptors (Lipinski definition) is 4. The first-order chi connectivity index (χ1) is 8.70. The Morgan fingerprint density at radius 2 is 2.11 bits per heavy atom. The van der Waals surface area contributed by atoms with Crippen LogP contribution in [0.25, 0.3) is 0 Å². The first-order valence-electron chi connectivity index (χ1n) is 6.38. The molecule has 100 valence electrons. The van der Waals surface area contributed by atoms with Gasteiger partial charge in [0, 0.05) is 19.1 Å². The molecule has 0 saturated carbocycles. The van der Waals surface area contributed by atoms with Crippen LogP contribution < -0.4 is 4.74 Å². The molecule has 0 amide bonds. The van der Waals surface area contributed by atoms with Crippen molar-refractivity contribution in [3.8, 4) is 11.5 Å². The van der Waals surface area contributed by atoms with Crippen molar-refractivity contribution in [3.63, 3.8) is 0 Å². The second-order valence-corrected chi connectivity index (χ2v) is 4.71. The molecule has 0 aromatic heterocycles. The van der Waals surface area contributed by atoms with E-state index in [1.165, 1.54) is 0 Å². The van der Waals surface area contributed by atoms with Crippen LogP contribution in [0.5, 0.6) is 11.5 Å². The molecule has 1 aliphatic rings. The third-order valence-electron chi connectivity index (χ3n) is 3.44. The molecule has 4 nitrogen and oxygen atoms in total. The van der Waals surface area contributed by atoms with E-state index in [9.17, 15) is 5.11 Å². The van der Waals surface area contributed by atoms with Gasteiger partial charge in [-0.1, -0.05) is 6.07 Å². The van der Waals surface area contributed by atoms with Gasteiger partial charge in [-0.15, -0.1) is 0 Å². The Hall–Kier alpha value is -1.26. The summed E-state index contributed by atoms with van der Waals surface area (Å²) in [5, 5.41) is 9.76. The van der Waals surface area contributed by atoms with Gasteiger partial charge in [0.2, 0.25) is 0 Å². The summed E-state index contributed by atoms with van der Waals surface area (Å²) in [7, 11) is 1.56. The molecule has 1 aromatic rings. The lowest BCUT2D eigenvalue weighted by atomic mass is 10.0. The van der Waals surface area contributed by atoms with Gasteiger partial charge in [0.25, 0.3) is 0 Å². The fraction of sp³-hybridized carbons (Fsp3) is 0.571. The molecule has 1 aliphatic heterocycles. The van der Waals surface area contributed by atoms with E-state index in [4.69, 9.17) is 9.47 Å². The molecule has 1 heterocycles. The van der Waals surface area contributed by atoms with E-state index in [-0.39, 0.29) is 5.75 Å². The number of methoxy groups -OCH3 is 1. The number of hydrogen-bond donors (Lipinski definition) is 1. The topological polar surface area (TPSA) is 41.9 Å². The standard InChI is InChI=1S/C14H21NO3/c1-11(15-5-7-18-8-6-15)9-12-3-4-14(17-2)13(16)10-12/h3-4,10-11,16H,5-9H2,1-2H3. The van der Waals surface area contributed by atoms with Crippen LogP contribution in [-0.4, -0.2) is 49.5 Å². The molecule has 1 N–H and O–H groups in total. The van der Waals surface area contributed by atoms with Gasteiger partial charge in [-0.2, -0.15) is 0 Å². The molecule has 2 rings (SSSR count). The van der Waals surface area contributed by atoms with E-state index in [1.54, 1.807) is 13.2 Å². The van der Waals surface area contributed by atoms with Gasteiger partial charge in [0.1, 0.15) is 0 Å². The van der Waals surface area contributed by atoms with Crippen LogP contribution in [0, 0.1) is 0 Å². The largest absolute Gasteiger partial charge is 0.504 e. The Balaban J connectivity index is 1.97. The zero-order chi connectivity index (χ0) is 13.0. The number of phenols is 1. The average molecular weight is 251 g/mol. The van der Waals surface area contributed by atoms with Gasteiger partial charge in [0.05, 0.1) is 20.3 Å². The number of nitrogens with zero attached hydrogens (tertiary/aromatic N) is 1. The molecule has 1 atom stereocenters. The molecule has 1 fully saturated rings. The summed E-state index contributed by atoms with van der Waals surface area (Å²) < 4.78 is 10.4. The van der Waals surface area contributed by atoms with E-state index >= 15 is 0 Å². The number of ether oxygens (including phenoxy) is 2. The summed E-state index contributed by atoms with van der Waals surface area (Å²) in [6, 6.07) is 6.07. The molecular weight excluding hydrogens is 230 g/mol. The maximum absolute atomic E-state index is 9.76. The third-order valence-corrected chi connectivity index (χ3v) is 3.44. The Labute approximate surface area is 108 Å². The van der Waals surface area contributed by atoms with Crippen molar-refractivity contribution in [3.05, 3.63) is 23.8 Å². The van der Waals surface area contributed by atoms with Crippen molar-refractivity contribution in [2.45, 2.75) is 19.4 Å². The van der Waals surface area contributed by atoms with Crippen LogP contribution in [-0.2, 0) is 11.2 Å². The molecule has 0 radical (unpaired) electrons. The molecule has 18 heavy (non-hydrogen) atoms. The summed E-state index contributed by atoms with van der Waals surface area (Å²) in [5.41, 5.74) is 1.13. The van der Waals surface area contributed by atoms with E-state index in [0.29, 0.717) is 11.8 Å². The smallest absolute Gasteiger partial charge is 0.160 e. The van der Waals surface area contributed by atoms with Crippen molar-refractivity contribution >= 4 is 0 Å². The fourth-order valence-electron chi connectivity index (χ4n) is 2.35. The average Bonchev–Trinajstić information content (AvgIpc) is 2.40. The van der Waals surface area contributed by atoms with Gasteiger partial charge < -0.3 is 14.6 Å². The Bertz CT molecular complexity index is 389. The van der Waals surface area contributed by atoms with Crippen LogP contribution in [0.4, 0.5) is 0 Å². The Morgan fingerprint density at radius 3 is 2.72 bits per heavy atom. The molecule has 0 aliphatic carbocycles. The highest BCUT2D eigenvalue weighted by Crippen LogP contribution is 2.27. The summed E-state index contributed by atoms with van der Waals surface area (Å²) in [6.45, 7) is 5.83. The van der Waals surface area contributed by atoms with Crippen LogP contribution in [0.3, 0.4) is 0 Å². The van der Waals surface area contributed by atoms with Crippen LogP contribution in [0.2, 0.25) is 0 Å². The molecule has 0 bridgehead atoms. The fourth-order valence-corrected chi connectivity index (χ4v) is 2.35. The SMILES string of the molecule is COc1ccc(CC(C)N2CCOCC2)cc1O. The van der Waals surface area contributed by atoms with Crippen molar-refractivity contribution in [1.82, 2.24) is 4.90 Å². The predicted molar refractivity (Wildman–Crippen MR) is 70.2 cm³/mol. The zero-order valence-corrected chi connectivity index (χ0v) is 11.1. The zero-order valence-electron chi connectivity index (χ0n) is 11.1. The Kier molecular flexibility index (Phi) is 4.44. The number of phenolic OH excluding ortho intramolecular Hbond substituents is 1. The molecular formula is C14H21NO3. The highest BCUT2D eigenvalue weighted by molar-refractivity contribution is 5.41. The monoisotopic (exact) mass is 251 g/mol. The van der Waals surface area contributed by atoms with Crippen LogP contribution >= 0.6 is 0 Å². The van der Waals surface area contributed by atoms with E-state index in [1.807, 2.05) is 12.1 Å². The molecule has 1 saturated heterocycles. The Morgan fingerprint density at radius 1 is 1.39 bits per heavy atom. The second-order valence-electron chi connectivity index (χ2n) is 4.71. The van der Waals surface area contributed by atoms with E-state index < -0.39 is 0 Å². The number of benzene rings is 1. The van der Waals surface area contributed by atoms with Gasteiger partial charge >= 0.3 is 0 Å². The predicted octanol–water partition coefficient (Wildman–Crippen LogP) is 1.66. The summed E-state index contributed by atoms with van der Waals surface area (Å²) >= 11 is 0. The summed E-state index contributed by atoms with van der Waals surface area (Å²) in [4.78, 5) is 2.42. The molecule has 1 unspecified atom stereocenters. The molecule has 1 aromatic carbocycles. The van der Waals surface area contributed by atoms with Crippen molar-refractivity contribution < 1.29 is 14.6 Å². The lowest BCUT2D eigenvalue weighted by molar-refractivity contribution is 0.0203. The minimum Gasteiger partial charge on any atom is -0.504 e. The van der Waals surface area contributed by atoms with Gasteiger partial charge in [-0.25, -0.2) is 0 Å². The number of aromatic hydroxyl groups is 1. The van der Waals surface area contributed by atoms with Crippen molar-refractivity contribution in [2.75, 3.05) is 33.4 Å². The van der Waals surface area contributed by atoms with Crippen molar-refractivity contribution in [2.24, 2.45) is 0 Å². The van der Waals surface area contributed by atoms with Crippen LogP contribution in [0.1, 0.15) is 12.5 Å². The second kappa shape index (κ2) is 6.07. The van der Waals surface area contributed by atoms with Crippen molar-refractivity contribution in [1.29, 1.82) is 0 Å². The number of morpholine rings is 1. The number of rotatable bonds is 4. The normalized spacial score (nSPS) is 18.6. The lowest BCUT2D eigenvalue weighted by Crippen LogP contribution is -2.43. The summed E-state index contributed by atoms with van der Waals surface area (Å²) in [5.74, 6) is 0.738. The maximum Gasteiger partial charge on any atom is 0.160 e. The quantitative estimate of drug-likeness (QED) is 0.883. The van der Waals surface area contributed by atoms with E-state index in [2.05, 4.69) is 11.8 Å². The lowest BCUT2D eigenvalue weighted by Gasteiger charge is -2.32. The summed E-state index contributed by atoms with van der Waals surface area (Å²) in [6.07, 6.45) is 0.928. The highest BCUT2D eigenvalue weighted by Gasteiger charge is 2.17. The third kappa shape index (κ3) is 3.15. The minimum absolute atomic E-state index is 0.212. The minimum atomic E-state index is 0.212.